The van der Waals surface area contributed by atoms with Gasteiger partial charge in [0.15, 0.2) is 0 Å². The standard InChI is InChI=1S/C16H9FN2O2/c17-12-6-5-10(8-18)11(7-12)9-19-14-4-2-1-3-13(14)15(20)16(19)21/h1-7H,9H2. The molecular weight excluding hydrogens is 271 g/mol. The highest BCUT2D eigenvalue weighted by atomic mass is 19.1. The molecule has 0 radical (unpaired) electrons. The third kappa shape index (κ3) is 2.07. The summed E-state index contributed by atoms with van der Waals surface area (Å²) in [4.78, 5) is 25.2. The summed E-state index contributed by atoms with van der Waals surface area (Å²) in [6, 6.07) is 12.3. The first-order valence-electron chi connectivity index (χ1n) is 6.25. The van der Waals surface area contributed by atoms with Gasteiger partial charge in [0.25, 0.3) is 11.7 Å². The van der Waals surface area contributed by atoms with Crippen LogP contribution in [0.15, 0.2) is 42.5 Å². The van der Waals surface area contributed by atoms with Crippen LogP contribution in [0.25, 0.3) is 0 Å². The molecule has 1 amide bonds. The van der Waals surface area contributed by atoms with Crippen molar-refractivity contribution in [3.63, 3.8) is 0 Å². The van der Waals surface area contributed by atoms with Crippen LogP contribution in [-0.2, 0) is 11.3 Å². The lowest BCUT2D eigenvalue weighted by Crippen LogP contribution is -2.29. The van der Waals surface area contributed by atoms with Crippen LogP contribution in [0.3, 0.4) is 0 Å². The summed E-state index contributed by atoms with van der Waals surface area (Å²) in [6.45, 7) is -0.0117. The molecule has 2 aromatic rings. The molecule has 0 bridgehead atoms. The molecule has 0 atom stereocenters. The minimum atomic E-state index is -0.663. The molecule has 3 rings (SSSR count). The number of halogens is 1. The Morgan fingerprint density at radius 2 is 1.90 bits per heavy atom. The third-order valence-corrected chi connectivity index (χ3v) is 3.40. The second kappa shape index (κ2) is 4.84. The Kier molecular flexibility index (Phi) is 2.99. The molecule has 0 spiro atoms. The fourth-order valence-corrected chi connectivity index (χ4v) is 2.38. The second-order valence-corrected chi connectivity index (χ2v) is 4.65. The molecule has 0 unspecified atom stereocenters. The summed E-state index contributed by atoms with van der Waals surface area (Å²) < 4.78 is 13.3. The number of fused-ring (bicyclic) bond motifs is 1. The van der Waals surface area contributed by atoms with Gasteiger partial charge in [0.2, 0.25) is 0 Å². The Morgan fingerprint density at radius 1 is 1.14 bits per heavy atom. The van der Waals surface area contributed by atoms with Gasteiger partial charge in [-0.15, -0.1) is 0 Å². The van der Waals surface area contributed by atoms with Crippen LogP contribution in [0, 0.1) is 17.1 Å². The molecular formula is C16H9FN2O2. The first-order chi connectivity index (χ1) is 10.1. The number of hydrogen-bond acceptors (Lipinski definition) is 3. The first-order valence-corrected chi connectivity index (χ1v) is 6.25. The normalized spacial score (nSPS) is 13.2. The average Bonchev–Trinajstić information content (AvgIpc) is 2.73. The summed E-state index contributed by atoms with van der Waals surface area (Å²) >= 11 is 0. The van der Waals surface area contributed by atoms with Crippen molar-refractivity contribution in [2.24, 2.45) is 0 Å². The van der Waals surface area contributed by atoms with Crippen molar-refractivity contribution in [1.82, 2.24) is 0 Å². The molecule has 0 N–H and O–H groups in total. The largest absolute Gasteiger partial charge is 0.300 e. The van der Waals surface area contributed by atoms with Crippen molar-refractivity contribution in [2.75, 3.05) is 4.90 Å². The molecule has 2 aromatic carbocycles. The van der Waals surface area contributed by atoms with E-state index in [4.69, 9.17) is 5.26 Å². The van der Waals surface area contributed by atoms with E-state index in [9.17, 15) is 14.0 Å². The number of para-hydroxylation sites is 1. The topological polar surface area (TPSA) is 61.2 Å². The Hall–Kier alpha value is -3.00. The van der Waals surface area contributed by atoms with Gasteiger partial charge in [0.05, 0.1) is 29.4 Å². The van der Waals surface area contributed by atoms with Gasteiger partial charge in [-0.1, -0.05) is 12.1 Å². The predicted octanol–water partition coefficient (Wildman–Crippen LogP) is 2.43. The van der Waals surface area contributed by atoms with Gasteiger partial charge in [0, 0.05) is 0 Å². The maximum Gasteiger partial charge on any atom is 0.299 e. The maximum absolute atomic E-state index is 13.3. The predicted molar refractivity (Wildman–Crippen MR) is 73.1 cm³/mol. The lowest BCUT2D eigenvalue weighted by atomic mass is 10.1. The van der Waals surface area contributed by atoms with Crippen LogP contribution in [0.4, 0.5) is 10.1 Å². The number of Topliss-reactive ketones (excluding diaryl/α,β-unsaturated/α-hetero) is 1. The zero-order chi connectivity index (χ0) is 15.0. The van der Waals surface area contributed by atoms with Crippen molar-refractivity contribution >= 4 is 17.4 Å². The number of nitrogens with zero attached hydrogens (tertiary/aromatic N) is 2. The number of hydrogen-bond donors (Lipinski definition) is 0. The number of amides is 1. The summed E-state index contributed by atoms with van der Waals surface area (Å²) in [6.07, 6.45) is 0. The number of carbonyl (C=O) groups excluding carboxylic acids is 2. The van der Waals surface area contributed by atoms with Crippen LogP contribution in [0.1, 0.15) is 21.5 Å². The van der Waals surface area contributed by atoms with Crippen molar-refractivity contribution in [2.45, 2.75) is 6.54 Å². The summed E-state index contributed by atoms with van der Waals surface area (Å²) in [5, 5.41) is 9.05. The van der Waals surface area contributed by atoms with Gasteiger partial charge in [0.1, 0.15) is 5.82 Å². The molecule has 21 heavy (non-hydrogen) atoms. The molecule has 0 saturated heterocycles. The van der Waals surface area contributed by atoms with E-state index in [1.54, 1.807) is 24.3 Å². The summed E-state index contributed by atoms with van der Waals surface area (Å²) in [5.74, 6) is -1.74. The van der Waals surface area contributed by atoms with E-state index in [-0.39, 0.29) is 12.1 Å². The fourth-order valence-electron chi connectivity index (χ4n) is 2.38. The molecule has 0 aliphatic carbocycles. The zero-order valence-corrected chi connectivity index (χ0v) is 10.8. The Balaban J connectivity index is 2.04. The van der Waals surface area contributed by atoms with Crippen LogP contribution < -0.4 is 4.90 Å². The van der Waals surface area contributed by atoms with E-state index in [1.165, 1.54) is 23.1 Å². The number of anilines is 1. The molecule has 1 aliphatic rings. The molecule has 0 fully saturated rings. The SMILES string of the molecule is N#Cc1ccc(F)cc1CN1C(=O)C(=O)c2ccccc21. The Morgan fingerprint density at radius 3 is 2.67 bits per heavy atom. The zero-order valence-electron chi connectivity index (χ0n) is 10.8. The molecule has 102 valence electrons. The highest BCUT2D eigenvalue weighted by molar-refractivity contribution is 6.52. The van der Waals surface area contributed by atoms with Gasteiger partial charge in [-0.2, -0.15) is 5.26 Å². The van der Waals surface area contributed by atoms with Crippen LogP contribution >= 0.6 is 0 Å². The van der Waals surface area contributed by atoms with Crippen molar-refractivity contribution < 1.29 is 14.0 Å². The minimum absolute atomic E-state index is 0.0117. The number of nitriles is 1. The lowest BCUT2D eigenvalue weighted by Gasteiger charge is -2.17. The number of carbonyl (C=O) groups is 2. The van der Waals surface area contributed by atoms with Gasteiger partial charge < -0.3 is 4.90 Å². The number of benzene rings is 2. The van der Waals surface area contributed by atoms with Crippen molar-refractivity contribution in [3.8, 4) is 6.07 Å². The third-order valence-electron chi connectivity index (χ3n) is 3.40. The van der Waals surface area contributed by atoms with Crippen molar-refractivity contribution in [3.05, 3.63) is 65.0 Å². The first kappa shape index (κ1) is 13.0. The van der Waals surface area contributed by atoms with E-state index < -0.39 is 17.5 Å². The van der Waals surface area contributed by atoms with Crippen LogP contribution in [0.2, 0.25) is 0 Å². The monoisotopic (exact) mass is 280 g/mol. The van der Waals surface area contributed by atoms with Crippen molar-refractivity contribution in [1.29, 1.82) is 5.26 Å². The molecule has 0 saturated carbocycles. The average molecular weight is 280 g/mol. The highest BCUT2D eigenvalue weighted by Gasteiger charge is 2.35. The molecule has 4 nitrogen and oxygen atoms in total. The lowest BCUT2D eigenvalue weighted by molar-refractivity contribution is -0.114. The van der Waals surface area contributed by atoms with E-state index in [0.717, 1.165) is 0 Å². The highest BCUT2D eigenvalue weighted by Crippen LogP contribution is 2.30. The van der Waals surface area contributed by atoms with Crippen LogP contribution in [-0.4, -0.2) is 11.7 Å². The van der Waals surface area contributed by atoms with Gasteiger partial charge >= 0.3 is 0 Å². The summed E-state index contributed by atoms with van der Waals surface area (Å²) in [7, 11) is 0. The smallest absolute Gasteiger partial charge is 0.299 e. The number of ketones is 1. The molecule has 1 aliphatic heterocycles. The van der Waals surface area contributed by atoms with Gasteiger partial charge in [-0.05, 0) is 35.9 Å². The second-order valence-electron chi connectivity index (χ2n) is 4.65. The fraction of sp³-hybridized carbons (Fsp3) is 0.0625. The minimum Gasteiger partial charge on any atom is -0.300 e. The Bertz CT molecular complexity index is 808. The van der Waals surface area contributed by atoms with Crippen LogP contribution in [0.5, 0.6) is 0 Å². The van der Waals surface area contributed by atoms with E-state index in [1.807, 2.05) is 6.07 Å². The quantitative estimate of drug-likeness (QED) is 0.794. The van der Waals surface area contributed by atoms with Gasteiger partial charge in [-0.3, -0.25) is 9.59 Å². The van der Waals surface area contributed by atoms with Gasteiger partial charge in [-0.25, -0.2) is 4.39 Å². The molecule has 5 heteroatoms. The maximum atomic E-state index is 13.3. The van der Waals surface area contributed by atoms with E-state index in [0.29, 0.717) is 16.8 Å². The summed E-state index contributed by atoms with van der Waals surface area (Å²) in [5.41, 5.74) is 1.47. The van der Waals surface area contributed by atoms with E-state index in [2.05, 4.69) is 0 Å². The van der Waals surface area contributed by atoms with E-state index >= 15 is 0 Å². The number of rotatable bonds is 2. The molecule has 1 heterocycles. The molecule has 0 aromatic heterocycles. The Labute approximate surface area is 120 Å².